The zero-order chi connectivity index (χ0) is 15.5. The quantitative estimate of drug-likeness (QED) is 0.743. The highest BCUT2D eigenvalue weighted by atomic mass is 79.9. The minimum Gasteiger partial charge on any atom is -0.370 e. The van der Waals surface area contributed by atoms with E-state index < -0.39 is 0 Å². The molecule has 0 heterocycles. The molecule has 2 rings (SSSR count). The van der Waals surface area contributed by atoms with Crippen LogP contribution in [-0.2, 0) is 4.79 Å². The van der Waals surface area contributed by atoms with Crippen LogP contribution in [0.5, 0.6) is 0 Å². The Morgan fingerprint density at radius 1 is 1.24 bits per heavy atom. The van der Waals surface area contributed by atoms with E-state index in [4.69, 9.17) is 11.5 Å². The van der Waals surface area contributed by atoms with E-state index >= 15 is 0 Å². The molecule has 1 atom stereocenters. The van der Waals surface area contributed by atoms with Gasteiger partial charge in [-0.2, -0.15) is 0 Å². The number of rotatable bonds is 5. The summed E-state index contributed by atoms with van der Waals surface area (Å²) in [6, 6.07) is 5.95. The second-order valence-corrected chi connectivity index (χ2v) is 7.95. The summed E-state index contributed by atoms with van der Waals surface area (Å²) >= 11 is 7.06. The largest absolute Gasteiger partial charge is 0.370 e. The molecule has 0 spiro atoms. The molecule has 1 saturated carbocycles. The van der Waals surface area contributed by atoms with Gasteiger partial charge < -0.3 is 11.5 Å². The number of halogens is 2. The topological polar surface area (TPSA) is 69.1 Å². The third-order valence-electron chi connectivity index (χ3n) is 4.47. The summed E-state index contributed by atoms with van der Waals surface area (Å²) in [6.45, 7) is 0. The number of hydrogen-bond donors (Lipinski definition) is 2. The molecule has 0 aliphatic heterocycles. The Bertz CT molecular complexity index is 513. The third kappa shape index (κ3) is 4.54. The first kappa shape index (κ1) is 17.0. The molecule has 1 amide bonds. The van der Waals surface area contributed by atoms with Crippen molar-refractivity contribution >= 4 is 37.8 Å². The van der Waals surface area contributed by atoms with Gasteiger partial charge in [0.25, 0.3) is 0 Å². The van der Waals surface area contributed by atoms with Crippen molar-refractivity contribution in [2.24, 2.45) is 16.9 Å². The van der Waals surface area contributed by atoms with E-state index in [0.717, 1.165) is 33.8 Å². The first-order valence-corrected chi connectivity index (χ1v) is 8.99. The monoisotopic (exact) mass is 416 g/mol. The maximum Gasteiger partial charge on any atom is 0.217 e. The first-order valence-electron chi connectivity index (χ1n) is 7.41. The molecule has 1 aromatic carbocycles. The predicted octanol–water partition coefficient (Wildman–Crippen LogP) is 4.43. The lowest BCUT2D eigenvalue weighted by Gasteiger charge is -2.38. The summed E-state index contributed by atoms with van der Waals surface area (Å²) in [5.74, 6) is -0.211. The van der Waals surface area contributed by atoms with Gasteiger partial charge in [-0.05, 0) is 48.4 Å². The lowest BCUT2D eigenvalue weighted by molar-refractivity contribution is -0.121. The molecule has 4 N–H and O–H groups in total. The molecule has 1 aliphatic carbocycles. The Balaban J connectivity index is 2.19. The lowest BCUT2D eigenvalue weighted by Crippen LogP contribution is -2.33. The summed E-state index contributed by atoms with van der Waals surface area (Å²) in [7, 11) is 0. The van der Waals surface area contributed by atoms with Crippen LogP contribution in [0.15, 0.2) is 27.1 Å². The molecule has 116 valence electrons. The lowest BCUT2D eigenvalue weighted by atomic mass is 9.67. The zero-order valence-corrected chi connectivity index (χ0v) is 15.3. The highest BCUT2D eigenvalue weighted by molar-refractivity contribution is 9.11. The number of primary amides is 1. The van der Waals surface area contributed by atoms with Crippen LogP contribution in [0, 0.1) is 5.41 Å². The van der Waals surface area contributed by atoms with Crippen LogP contribution in [-0.4, -0.2) is 5.91 Å². The van der Waals surface area contributed by atoms with Crippen LogP contribution in [0.2, 0.25) is 0 Å². The summed E-state index contributed by atoms with van der Waals surface area (Å²) in [5, 5.41) is 0. The third-order valence-corrected chi connectivity index (χ3v) is 5.69. The summed E-state index contributed by atoms with van der Waals surface area (Å²) < 4.78 is 2.03. The number of amides is 1. The Hall–Kier alpha value is -0.390. The second-order valence-electron chi connectivity index (χ2n) is 6.18. The maximum absolute atomic E-state index is 11.5. The van der Waals surface area contributed by atoms with Crippen molar-refractivity contribution in [3.8, 4) is 0 Å². The molecule has 1 aliphatic rings. The van der Waals surface area contributed by atoms with Gasteiger partial charge in [-0.15, -0.1) is 0 Å². The van der Waals surface area contributed by atoms with Gasteiger partial charge in [0.2, 0.25) is 5.91 Å². The molecule has 21 heavy (non-hydrogen) atoms. The van der Waals surface area contributed by atoms with Crippen molar-refractivity contribution < 1.29 is 4.79 Å². The van der Waals surface area contributed by atoms with E-state index in [1.807, 2.05) is 12.1 Å². The number of carbonyl (C=O) groups is 1. The van der Waals surface area contributed by atoms with Gasteiger partial charge in [0.15, 0.2) is 0 Å². The molecule has 5 heteroatoms. The van der Waals surface area contributed by atoms with Crippen LogP contribution < -0.4 is 11.5 Å². The van der Waals surface area contributed by atoms with Crippen molar-refractivity contribution in [1.82, 2.24) is 0 Å². The highest BCUT2D eigenvalue weighted by Gasteiger charge is 2.35. The van der Waals surface area contributed by atoms with E-state index in [0.29, 0.717) is 6.42 Å². The average molecular weight is 418 g/mol. The number of hydrogen-bond acceptors (Lipinski definition) is 2. The van der Waals surface area contributed by atoms with Crippen LogP contribution in [0.25, 0.3) is 0 Å². The molecule has 1 aromatic rings. The predicted molar refractivity (Wildman–Crippen MR) is 92.7 cm³/mol. The minimum absolute atomic E-state index is 0.0226. The van der Waals surface area contributed by atoms with E-state index in [9.17, 15) is 4.79 Å². The second kappa shape index (κ2) is 7.25. The normalized spacial score (nSPS) is 19.2. The van der Waals surface area contributed by atoms with Gasteiger partial charge in [0.1, 0.15) is 0 Å². The van der Waals surface area contributed by atoms with Gasteiger partial charge in [0.05, 0.1) is 0 Å². The fourth-order valence-electron chi connectivity index (χ4n) is 3.50. The molecule has 0 saturated heterocycles. The van der Waals surface area contributed by atoms with Crippen molar-refractivity contribution in [2.45, 2.75) is 51.0 Å². The molecule has 0 aromatic heterocycles. The fraction of sp³-hybridized carbons (Fsp3) is 0.562. The van der Waals surface area contributed by atoms with E-state index in [1.54, 1.807) is 0 Å². The first-order chi connectivity index (χ1) is 9.92. The van der Waals surface area contributed by atoms with Gasteiger partial charge in [-0.1, -0.05) is 51.1 Å². The highest BCUT2D eigenvalue weighted by Crippen LogP contribution is 2.45. The number of carbonyl (C=O) groups excluding carboxylic acids is 1. The molecular formula is C16H22Br2N2O. The molecule has 3 nitrogen and oxygen atoms in total. The summed E-state index contributed by atoms with van der Waals surface area (Å²) in [6.07, 6.45) is 6.94. The van der Waals surface area contributed by atoms with Crippen LogP contribution in [0.3, 0.4) is 0 Å². The van der Waals surface area contributed by atoms with Gasteiger partial charge >= 0.3 is 0 Å². The smallest absolute Gasteiger partial charge is 0.217 e. The van der Waals surface area contributed by atoms with Crippen LogP contribution in [0.4, 0.5) is 0 Å². The Morgan fingerprint density at radius 3 is 2.52 bits per heavy atom. The standard InChI is InChI=1S/C16H22Br2N2O/c17-11-4-5-13(18)12(8-11)14(19)9-16(10-15(20)21)6-2-1-3-7-16/h4-5,8,14H,1-3,6-7,9-10,19H2,(H2,20,21). The molecule has 0 radical (unpaired) electrons. The zero-order valence-electron chi connectivity index (χ0n) is 12.1. The SMILES string of the molecule is NC(=O)CC1(CC(N)c2cc(Br)ccc2Br)CCCCC1. The van der Waals surface area contributed by atoms with Crippen molar-refractivity contribution in [3.63, 3.8) is 0 Å². The Kier molecular flexibility index (Phi) is 5.86. The number of nitrogens with two attached hydrogens (primary N) is 2. The molecule has 1 unspecified atom stereocenters. The molecular weight excluding hydrogens is 396 g/mol. The van der Waals surface area contributed by atoms with Gasteiger partial charge in [-0.25, -0.2) is 0 Å². The molecule has 1 fully saturated rings. The van der Waals surface area contributed by atoms with Gasteiger partial charge in [0, 0.05) is 21.4 Å². The fourth-order valence-corrected chi connectivity index (χ4v) is 4.42. The van der Waals surface area contributed by atoms with E-state index in [-0.39, 0.29) is 17.4 Å². The van der Waals surface area contributed by atoms with Crippen molar-refractivity contribution in [3.05, 3.63) is 32.7 Å². The average Bonchev–Trinajstić information content (AvgIpc) is 2.41. The number of benzene rings is 1. The van der Waals surface area contributed by atoms with Crippen LogP contribution >= 0.6 is 31.9 Å². The van der Waals surface area contributed by atoms with E-state index in [2.05, 4.69) is 37.9 Å². The Morgan fingerprint density at radius 2 is 1.90 bits per heavy atom. The summed E-state index contributed by atoms with van der Waals surface area (Å²) in [5.41, 5.74) is 13.0. The summed E-state index contributed by atoms with van der Waals surface area (Å²) in [4.78, 5) is 11.5. The van der Waals surface area contributed by atoms with Gasteiger partial charge in [-0.3, -0.25) is 4.79 Å². The van der Waals surface area contributed by atoms with Crippen LogP contribution in [0.1, 0.15) is 56.6 Å². The van der Waals surface area contributed by atoms with E-state index in [1.165, 1.54) is 19.3 Å². The maximum atomic E-state index is 11.5. The van der Waals surface area contributed by atoms with Crippen molar-refractivity contribution in [2.75, 3.05) is 0 Å². The Labute approximate surface area is 143 Å². The van der Waals surface area contributed by atoms with Crippen molar-refractivity contribution in [1.29, 1.82) is 0 Å². The minimum atomic E-state index is -0.211. The molecule has 0 bridgehead atoms.